The summed E-state index contributed by atoms with van der Waals surface area (Å²) >= 11 is 0. The van der Waals surface area contributed by atoms with E-state index in [1.807, 2.05) is 24.3 Å². The van der Waals surface area contributed by atoms with Crippen molar-refractivity contribution in [1.29, 1.82) is 0 Å². The number of benzene rings is 1. The minimum absolute atomic E-state index is 0.0358. The monoisotopic (exact) mass is 340 g/mol. The third-order valence-corrected chi connectivity index (χ3v) is 4.94. The Bertz CT molecular complexity index is 791. The fourth-order valence-electron chi connectivity index (χ4n) is 3.60. The zero-order valence-corrected chi connectivity index (χ0v) is 14.1. The molecule has 0 aromatic heterocycles. The molecule has 1 aromatic rings. The van der Waals surface area contributed by atoms with E-state index >= 15 is 0 Å². The van der Waals surface area contributed by atoms with E-state index in [4.69, 9.17) is 18.9 Å². The molecule has 0 amide bonds. The molecule has 0 spiro atoms. The molecule has 0 bridgehead atoms. The normalized spacial score (nSPS) is 24.9. The fourth-order valence-corrected chi connectivity index (χ4v) is 3.60. The van der Waals surface area contributed by atoms with Gasteiger partial charge < -0.3 is 18.9 Å². The number of ketones is 1. The second kappa shape index (κ2) is 6.08. The molecule has 1 aliphatic carbocycles. The lowest BCUT2D eigenvalue weighted by Gasteiger charge is -2.33. The Kier molecular flexibility index (Phi) is 3.88. The van der Waals surface area contributed by atoms with Gasteiger partial charge in [0.1, 0.15) is 5.76 Å². The summed E-state index contributed by atoms with van der Waals surface area (Å²) in [6.07, 6.45) is 6.47. The lowest BCUT2D eigenvalue weighted by Crippen LogP contribution is -2.39. The van der Waals surface area contributed by atoms with E-state index < -0.39 is 5.60 Å². The maximum atomic E-state index is 12.2. The standard InChI is InChI=1S/C20H20O5/c1-3-4-15-10-20(19(9-16(15)21)24-12-25-20)13(2)7-14-5-6-17-18(8-14)23-11-22-17/h3,5-6,8-10,13H,1,4,7,11-12H2,2H3/t13-,20-/m0/s1. The van der Waals surface area contributed by atoms with Gasteiger partial charge in [-0.2, -0.15) is 0 Å². The van der Waals surface area contributed by atoms with Crippen LogP contribution in [0.5, 0.6) is 11.5 Å². The Hall–Kier alpha value is -2.53. The number of rotatable bonds is 5. The summed E-state index contributed by atoms with van der Waals surface area (Å²) in [6.45, 7) is 6.25. The number of fused-ring (bicyclic) bond motifs is 2. The van der Waals surface area contributed by atoms with Crippen molar-refractivity contribution < 1.29 is 23.7 Å². The third kappa shape index (κ3) is 2.65. The summed E-state index contributed by atoms with van der Waals surface area (Å²) in [5.74, 6) is 2.18. The zero-order valence-electron chi connectivity index (χ0n) is 14.1. The molecule has 1 fully saturated rings. The molecule has 2 atom stereocenters. The predicted octanol–water partition coefficient (Wildman–Crippen LogP) is 3.31. The molecule has 4 rings (SSSR count). The molecule has 0 radical (unpaired) electrons. The molecule has 5 heteroatoms. The van der Waals surface area contributed by atoms with Crippen LogP contribution in [0, 0.1) is 5.92 Å². The first-order valence-electron chi connectivity index (χ1n) is 8.37. The molecule has 25 heavy (non-hydrogen) atoms. The van der Waals surface area contributed by atoms with Crippen LogP contribution in [0.1, 0.15) is 18.9 Å². The summed E-state index contributed by atoms with van der Waals surface area (Å²) in [4.78, 5) is 12.2. The Morgan fingerprint density at radius 3 is 2.92 bits per heavy atom. The van der Waals surface area contributed by atoms with Crippen LogP contribution in [-0.2, 0) is 20.7 Å². The maximum absolute atomic E-state index is 12.2. The van der Waals surface area contributed by atoms with Crippen LogP contribution in [0.3, 0.4) is 0 Å². The minimum atomic E-state index is -0.706. The van der Waals surface area contributed by atoms with Gasteiger partial charge in [-0.05, 0) is 36.6 Å². The van der Waals surface area contributed by atoms with Gasteiger partial charge in [0.25, 0.3) is 0 Å². The molecule has 2 heterocycles. The van der Waals surface area contributed by atoms with E-state index in [0.717, 1.165) is 23.5 Å². The van der Waals surface area contributed by atoms with Crippen molar-refractivity contribution in [1.82, 2.24) is 0 Å². The molecular weight excluding hydrogens is 320 g/mol. The summed E-state index contributed by atoms with van der Waals surface area (Å²) < 4.78 is 22.4. The van der Waals surface area contributed by atoms with Crippen molar-refractivity contribution in [2.45, 2.75) is 25.4 Å². The van der Waals surface area contributed by atoms with E-state index in [0.29, 0.717) is 17.8 Å². The Labute approximate surface area is 146 Å². The second-order valence-corrected chi connectivity index (χ2v) is 6.53. The van der Waals surface area contributed by atoms with Crippen LogP contribution in [0.4, 0.5) is 0 Å². The van der Waals surface area contributed by atoms with Crippen LogP contribution < -0.4 is 9.47 Å². The van der Waals surface area contributed by atoms with Crippen molar-refractivity contribution in [3.8, 4) is 11.5 Å². The number of hydrogen-bond donors (Lipinski definition) is 0. The maximum Gasteiger partial charge on any atom is 0.231 e. The largest absolute Gasteiger partial charge is 0.468 e. The molecular formula is C20H20O5. The summed E-state index contributed by atoms with van der Waals surface area (Å²) in [6, 6.07) is 5.95. The van der Waals surface area contributed by atoms with Gasteiger partial charge in [0, 0.05) is 17.6 Å². The predicted molar refractivity (Wildman–Crippen MR) is 91.2 cm³/mol. The molecule has 0 saturated carbocycles. The first-order chi connectivity index (χ1) is 12.1. The van der Waals surface area contributed by atoms with Crippen LogP contribution >= 0.6 is 0 Å². The summed E-state index contributed by atoms with van der Waals surface area (Å²) in [5.41, 5.74) is 1.11. The fraction of sp³-hybridized carbons (Fsp3) is 0.350. The van der Waals surface area contributed by atoms with Crippen LogP contribution in [-0.4, -0.2) is 25.0 Å². The van der Waals surface area contributed by atoms with Crippen LogP contribution in [0.2, 0.25) is 0 Å². The smallest absolute Gasteiger partial charge is 0.231 e. The molecule has 1 saturated heterocycles. The first-order valence-corrected chi connectivity index (χ1v) is 8.37. The van der Waals surface area contributed by atoms with Crippen molar-refractivity contribution in [2.75, 3.05) is 13.6 Å². The van der Waals surface area contributed by atoms with Gasteiger partial charge in [0.15, 0.2) is 29.7 Å². The van der Waals surface area contributed by atoms with E-state index in [1.54, 1.807) is 12.2 Å². The number of carbonyl (C=O) groups excluding carboxylic acids is 1. The van der Waals surface area contributed by atoms with Gasteiger partial charge >= 0.3 is 0 Å². The number of hydrogen-bond acceptors (Lipinski definition) is 5. The molecule has 5 nitrogen and oxygen atoms in total. The number of carbonyl (C=O) groups is 1. The van der Waals surface area contributed by atoms with Crippen molar-refractivity contribution in [3.05, 3.63) is 59.9 Å². The highest BCUT2D eigenvalue weighted by Crippen LogP contribution is 2.43. The molecule has 0 N–H and O–H groups in total. The third-order valence-electron chi connectivity index (χ3n) is 4.94. The van der Waals surface area contributed by atoms with Crippen molar-refractivity contribution >= 4 is 5.78 Å². The van der Waals surface area contributed by atoms with Gasteiger partial charge in [-0.1, -0.05) is 19.1 Å². The van der Waals surface area contributed by atoms with E-state index in [1.165, 1.54) is 0 Å². The van der Waals surface area contributed by atoms with Crippen molar-refractivity contribution in [3.63, 3.8) is 0 Å². The average Bonchev–Trinajstić information content (AvgIpc) is 3.22. The van der Waals surface area contributed by atoms with Crippen molar-refractivity contribution in [2.24, 2.45) is 5.92 Å². The number of allylic oxidation sites excluding steroid dienone is 3. The van der Waals surface area contributed by atoms with E-state index in [2.05, 4.69) is 13.5 Å². The highest BCUT2D eigenvalue weighted by Gasteiger charge is 2.48. The first kappa shape index (κ1) is 16.0. The molecule has 0 unspecified atom stereocenters. The highest BCUT2D eigenvalue weighted by molar-refractivity contribution is 6.06. The lowest BCUT2D eigenvalue weighted by atomic mass is 9.77. The summed E-state index contributed by atoms with van der Waals surface area (Å²) in [5, 5.41) is 0. The molecule has 2 aliphatic heterocycles. The molecule has 1 aromatic carbocycles. The van der Waals surface area contributed by atoms with E-state index in [9.17, 15) is 4.79 Å². The quantitative estimate of drug-likeness (QED) is 0.770. The Morgan fingerprint density at radius 1 is 1.24 bits per heavy atom. The minimum Gasteiger partial charge on any atom is -0.468 e. The van der Waals surface area contributed by atoms with Gasteiger partial charge in [0.05, 0.1) is 0 Å². The van der Waals surface area contributed by atoms with Crippen LogP contribution in [0.15, 0.2) is 54.3 Å². The average molecular weight is 340 g/mol. The number of ether oxygens (including phenoxy) is 4. The lowest BCUT2D eigenvalue weighted by molar-refractivity contribution is -0.112. The van der Waals surface area contributed by atoms with Gasteiger partial charge in [-0.25, -0.2) is 0 Å². The summed E-state index contributed by atoms with van der Waals surface area (Å²) in [7, 11) is 0. The van der Waals surface area contributed by atoms with Gasteiger partial charge in [0.2, 0.25) is 6.79 Å². The topological polar surface area (TPSA) is 54.0 Å². The highest BCUT2D eigenvalue weighted by atomic mass is 16.7. The Balaban J connectivity index is 1.63. The van der Waals surface area contributed by atoms with Crippen LogP contribution in [0.25, 0.3) is 0 Å². The second-order valence-electron chi connectivity index (χ2n) is 6.53. The van der Waals surface area contributed by atoms with Gasteiger partial charge in [-0.15, -0.1) is 6.58 Å². The van der Waals surface area contributed by atoms with E-state index in [-0.39, 0.29) is 25.3 Å². The van der Waals surface area contributed by atoms with Gasteiger partial charge in [-0.3, -0.25) is 4.79 Å². The SMILES string of the molecule is C=CCC1=C[C@@]2([C@@H](C)Cc3ccc4c(c3)OCO4)OCOC2=CC1=O. The molecule has 3 aliphatic rings. The zero-order chi connectivity index (χ0) is 17.4. The molecule has 130 valence electrons. The Morgan fingerprint density at radius 2 is 2.08 bits per heavy atom.